The molecule has 0 saturated heterocycles. The first-order chi connectivity index (χ1) is 8.92. The molecule has 6 heteroatoms. The van der Waals surface area contributed by atoms with E-state index in [1.165, 1.54) is 36.9 Å². The molecule has 0 aromatic carbocycles. The second-order valence-corrected chi connectivity index (χ2v) is 5.48. The molecule has 6 nitrogen and oxygen atoms in total. The highest BCUT2D eigenvalue weighted by Gasteiger charge is 2.34. The van der Waals surface area contributed by atoms with Crippen LogP contribution in [0.4, 0.5) is 0 Å². The van der Waals surface area contributed by atoms with Crippen molar-refractivity contribution in [2.24, 2.45) is 11.8 Å². The minimum absolute atomic E-state index is 0.611. The molecule has 0 spiro atoms. The van der Waals surface area contributed by atoms with Gasteiger partial charge >= 0.3 is 0 Å². The summed E-state index contributed by atoms with van der Waals surface area (Å²) in [5.41, 5.74) is 3.49. The molecule has 2 aliphatic rings. The molecule has 1 fully saturated rings. The SMILES string of the molecule is C1CCC(C2Cc3[nH]nc(-c4nn[nH]n4)c3C2)C1. The van der Waals surface area contributed by atoms with Crippen molar-refractivity contribution >= 4 is 0 Å². The zero-order valence-corrected chi connectivity index (χ0v) is 10.2. The monoisotopic (exact) mass is 244 g/mol. The fraction of sp³-hybridized carbons (Fsp3) is 0.667. The lowest BCUT2D eigenvalue weighted by atomic mass is 9.88. The lowest BCUT2D eigenvalue weighted by Gasteiger charge is -2.17. The van der Waals surface area contributed by atoms with Gasteiger partial charge in [0, 0.05) is 11.3 Å². The van der Waals surface area contributed by atoms with Crippen molar-refractivity contribution in [1.82, 2.24) is 30.8 Å². The number of aromatic amines is 2. The first-order valence-electron chi connectivity index (χ1n) is 6.72. The second kappa shape index (κ2) is 3.90. The summed E-state index contributed by atoms with van der Waals surface area (Å²) in [6.45, 7) is 0. The summed E-state index contributed by atoms with van der Waals surface area (Å²) in [6, 6.07) is 0. The number of fused-ring (bicyclic) bond motifs is 1. The molecule has 94 valence electrons. The summed E-state index contributed by atoms with van der Waals surface area (Å²) >= 11 is 0. The van der Waals surface area contributed by atoms with Crippen LogP contribution >= 0.6 is 0 Å². The maximum absolute atomic E-state index is 4.33. The summed E-state index contributed by atoms with van der Waals surface area (Å²) in [5, 5.41) is 21.6. The minimum atomic E-state index is 0.611. The number of hydrogen-bond donors (Lipinski definition) is 2. The number of tetrazole rings is 1. The van der Waals surface area contributed by atoms with E-state index in [0.29, 0.717) is 5.82 Å². The Hall–Kier alpha value is -1.72. The number of rotatable bonds is 2. The van der Waals surface area contributed by atoms with Crippen molar-refractivity contribution in [1.29, 1.82) is 0 Å². The third-order valence-corrected chi connectivity index (χ3v) is 4.51. The van der Waals surface area contributed by atoms with E-state index in [2.05, 4.69) is 30.8 Å². The zero-order valence-electron chi connectivity index (χ0n) is 10.2. The maximum atomic E-state index is 4.33. The lowest BCUT2D eigenvalue weighted by molar-refractivity contribution is 0.351. The Labute approximate surface area is 105 Å². The molecule has 2 aliphatic carbocycles. The smallest absolute Gasteiger partial charge is 0.225 e. The van der Waals surface area contributed by atoms with E-state index in [4.69, 9.17) is 0 Å². The van der Waals surface area contributed by atoms with E-state index < -0.39 is 0 Å². The number of nitrogens with zero attached hydrogens (tertiary/aromatic N) is 4. The van der Waals surface area contributed by atoms with Crippen LogP contribution in [0.3, 0.4) is 0 Å². The molecule has 18 heavy (non-hydrogen) atoms. The van der Waals surface area contributed by atoms with E-state index in [1.807, 2.05) is 0 Å². The van der Waals surface area contributed by atoms with Crippen LogP contribution in [-0.4, -0.2) is 30.8 Å². The Morgan fingerprint density at radius 3 is 2.67 bits per heavy atom. The van der Waals surface area contributed by atoms with Crippen molar-refractivity contribution < 1.29 is 0 Å². The average Bonchev–Trinajstić information content (AvgIpc) is 3.13. The van der Waals surface area contributed by atoms with Gasteiger partial charge in [-0.05, 0) is 29.9 Å². The third kappa shape index (κ3) is 1.48. The van der Waals surface area contributed by atoms with E-state index in [-0.39, 0.29) is 0 Å². The van der Waals surface area contributed by atoms with Crippen LogP contribution in [0.5, 0.6) is 0 Å². The molecule has 2 aromatic heterocycles. The minimum Gasteiger partial charge on any atom is -0.282 e. The molecule has 0 bridgehead atoms. The van der Waals surface area contributed by atoms with Crippen LogP contribution in [0.15, 0.2) is 0 Å². The average molecular weight is 244 g/mol. The van der Waals surface area contributed by atoms with E-state index in [9.17, 15) is 0 Å². The van der Waals surface area contributed by atoms with Crippen LogP contribution in [0.2, 0.25) is 0 Å². The molecule has 0 aliphatic heterocycles. The topological polar surface area (TPSA) is 83.1 Å². The van der Waals surface area contributed by atoms with Gasteiger partial charge in [0.05, 0.1) is 0 Å². The Kier molecular flexibility index (Phi) is 2.21. The summed E-state index contributed by atoms with van der Waals surface area (Å²) in [4.78, 5) is 0. The van der Waals surface area contributed by atoms with Crippen LogP contribution in [0, 0.1) is 11.8 Å². The van der Waals surface area contributed by atoms with Crippen LogP contribution < -0.4 is 0 Å². The molecule has 2 heterocycles. The first kappa shape index (κ1) is 10.2. The fourth-order valence-corrected chi connectivity index (χ4v) is 3.60. The number of hydrogen-bond acceptors (Lipinski definition) is 4. The summed E-state index contributed by atoms with van der Waals surface area (Å²) in [5.74, 6) is 2.31. The van der Waals surface area contributed by atoms with Crippen molar-refractivity contribution in [3.63, 3.8) is 0 Å². The quantitative estimate of drug-likeness (QED) is 0.838. The van der Waals surface area contributed by atoms with Crippen LogP contribution in [-0.2, 0) is 12.8 Å². The zero-order chi connectivity index (χ0) is 11.9. The van der Waals surface area contributed by atoms with Gasteiger partial charge in [-0.3, -0.25) is 5.10 Å². The molecule has 4 rings (SSSR count). The Morgan fingerprint density at radius 2 is 1.89 bits per heavy atom. The lowest BCUT2D eigenvalue weighted by Crippen LogP contribution is -2.12. The molecule has 0 radical (unpaired) electrons. The van der Waals surface area contributed by atoms with Gasteiger partial charge in [0.1, 0.15) is 5.69 Å². The van der Waals surface area contributed by atoms with Gasteiger partial charge in [0.2, 0.25) is 5.82 Å². The number of H-pyrrole nitrogens is 2. The Morgan fingerprint density at radius 1 is 1.00 bits per heavy atom. The highest BCUT2D eigenvalue weighted by molar-refractivity contribution is 5.56. The normalized spacial score (nSPS) is 23.7. The van der Waals surface area contributed by atoms with E-state index >= 15 is 0 Å². The fourth-order valence-electron chi connectivity index (χ4n) is 3.60. The van der Waals surface area contributed by atoms with Crippen LogP contribution in [0.1, 0.15) is 36.9 Å². The van der Waals surface area contributed by atoms with Gasteiger partial charge in [-0.1, -0.05) is 25.7 Å². The van der Waals surface area contributed by atoms with Gasteiger partial charge in [-0.25, -0.2) is 0 Å². The number of nitrogens with one attached hydrogen (secondary N) is 2. The molecule has 2 N–H and O–H groups in total. The molecular weight excluding hydrogens is 228 g/mol. The van der Waals surface area contributed by atoms with Crippen molar-refractivity contribution in [3.8, 4) is 11.5 Å². The predicted octanol–water partition coefficient (Wildman–Crippen LogP) is 1.49. The van der Waals surface area contributed by atoms with Gasteiger partial charge in [-0.15, -0.1) is 10.2 Å². The molecule has 1 unspecified atom stereocenters. The summed E-state index contributed by atoms with van der Waals surface area (Å²) in [6.07, 6.45) is 7.89. The molecule has 2 aromatic rings. The Balaban J connectivity index is 1.62. The second-order valence-electron chi connectivity index (χ2n) is 5.48. The van der Waals surface area contributed by atoms with E-state index in [1.54, 1.807) is 0 Å². The standard InChI is InChI=1S/C12H16N6/c1-2-4-7(3-1)8-5-9-10(6-8)13-14-11(9)12-15-17-18-16-12/h7-8H,1-6H2,(H,13,14)(H,15,16,17,18). The third-order valence-electron chi connectivity index (χ3n) is 4.51. The van der Waals surface area contributed by atoms with Crippen molar-refractivity contribution in [3.05, 3.63) is 11.3 Å². The van der Waals surface area contributed by atoms with Gasteiger partial charge in [0.15, 0.2) is 0 Å². The van der Waals surface area contributed by atoms with Gasteiger partial charge < -0.3 is 0 Å². The van der Waals surface area contributed by atoms with E-state index in [0.717, 1.165) is 30.4 Å². The summed E-state index contributed by atoms with van der Waals surface area (Å²) < 4.78 is 0. The molecule has 0 amide bonds. The summed E-state index contributed by atoms with van der Waals surface area (Å²) in [7, 11) is 0. The highest BCUT2D eigenvalue weighted by atomic mass is 15.5. The van der Waals surface area contributed by atoms with Gasteiger partial charge in [-0.2, -0.15) is 10.3 Å². The van der Waals surface area contributed by atoms with Crippen molar-refractivity contribution in [2.75, 3.05) is 0 Å². The largest absolute Gasteiger partial charge is 0.282 e. The van der Waals surface area contributed by atoms with Crippen molar-refractivity contribution in [2.45, 2.75) is 38.5 Å². The Bertz CT molecular complexity index is 537. The first-order valence-corrected chi connectivity index (χ1v) is 6.72. The number of aromatic nitrogens is 6. The highest BCUT2D eigenvalue weighted by Crippen LogP contribution is 2.41. The maximum Gasteiger partial charge on any atom is 0.225 e. The predicted molar refractivity (Wildman–Crippen MR) is 64.6 cm³/mol. The molecule has 1 saturated carbocycles. The molecular formula is C12H16N6. The molecule has 1 atom stereocenters. The van der Waals surface area contributed by atoms with Gasteiger partial charge in [0.25, 0.3) is 0 Å². The van der Waals surface area contributed by atoms with Crippen LogP contribution in [0.25, 0.3) is 11.5 Å².